The van der Waals surface area contributed by atoms with E-state index >= 15 is 0 Å². The maximum absolute atomic E-state index is 6.28. The summed E-state index contributed by atoms with van der Waals surface area (Å²) >= 11 is 12.0. The molecule has 0 saturated carbocycles. The molecule has 0 amide bonds. The molecule has 4 rings (SSSR count). The Balaban J connectivity index is 1.74. The second-order valence-corrected chi connectivity index (χ2v) is 8.58. The first-order valence-corrected chi connectivity index (χ1v) is 10.9. The second-order valence-electron chi connectivity index (χ2n) is 7.76. The van der Waals surface area contributed by atoms with E-state index in [4.69, 9.17) is 23.8 Å². The second kappa shape index (κ2) is 9.16. The minimum absolute atomic E-state index is 0.0223. The molecule has 1 aromatic carbocycles. The highest BCUT2D eigenvalue weighted by Crippen LogP contribution is 2.39. The van der Waals surface area contributed by atoms with Gasteiger partial charge in [0.1, 0.15) is 0 Å². The monoisotopic (exact) mass is 439 g/mol. The van der Waals surface area contributed by atoms with Gasteiger partial charge in [0.2, 0.25) is 0 Å². The highest BCUT2D eigenvalue weighted by Gasteiger charge is 2.40. The van der Waals surface area contributed by atoms with Crippen LogP contribution in [0.25, 0.3) is 5.69 Å². The Labute approximate surface area is 188 Å². The number of aromatic nitrogens is 2. The molecule has 3 aromatic rings. The number of hydrogen-bond acceptors (Lipinski definition) is 3. The summed E-state index contributed by atoms with van der Waals surface area (Å²) in [5, 5.41) is 5.02. The fraction of sp³-hybridized carbons (Fsp3) is 0.304. The normalized spacial score (nSPS) is 18.8. The summed E-state index contributed by atoms with van der Waals surface area (Å²) in [6.07, 6.45) is 4.94. The van der Waals surface area contributed by atoms with Crippen LogP contribution >= 0.6 is 23.8 Å². The van der Waals surface area contributed by atoms with Crippen LogP contribution in [-0.4, -0.2) is 51.6 Å². The third-order valence-electron chi connectivity index (χ3n) is 5.37. The van der Waals surface area contributed by atoms with Crippen LogP contribution in [0.4, 0.5) is 0 Å². The molecule has 0 unspecified atom stereocenters. The number of rotatable bonds is 7. The average Bonchev–Trinajstić information content (AvgIpc) is 3.33. The summed E-state index contributed by atoms with van der Waals surface area (Å²) in [5.41, 5.74) is 3.18. The molecule has 1 fully saturated rings. The molecule has 30 heavy (non-hydrogen) atoms. The summed E-state index contributed by atoms with van der Waals surface area (Å²) in [5.74, 6) is 0. The zero-order valence-corrected chi connectivity index (χ0v) is 18.8. The smallest absolute Gasteiger partial charge is 0.170 e. The van der Waals surface area contributed by atoms with E-state index in [1.54, 1.807) is 0 Å². The van der Waals surface area contributed by atoms with Gasteiger partial charge in [-0.05, 0) is 81.7 Å². The largest absolute Gasteiger partial charge is 0.352 e. The third-order valence-corrected chi connectivity index (χ3v) is 5.96. The molecule has 7 heteroatoms. The number of nitrogens with zero attached hydrogens (tertiary/aromatic N) is 4. The van der Waals surface area contributed by atoms with Crippen molar-refractivity contribution in [3.8, 4) is 5.69 Å². The third kappa shape index (κ3) is 4.36. The quantitative estimate of drug-likeness (QED) is 0.550. The minimum atomic E-state index is -0.0223. The number of pyridine rings is 1. The first-order valence-electron chi connectivity index (χ1n) is 10.1. The summed E-state index contributed by atoms with van der Waals surface area (Å²) < 4.78 is 2.20. The zero-order valence-electron chi connectivity index (χ0n) is 17.2. The van der Waals surface area contributed by atoms with Gasteiger partial charge in [0.05, 0.1) is 17.8 Å². The SMILES string of the molecule is CN(C)CCCN1C(=S)N[C@@H](c2ccccn2)[C@H]1c1cccn1-c1cccc(Cl)c1. The zero-order chi connectivity index (χ0) is 21.1. The van der Waals surface area contributed by atoms with Crippen molar-refractivity contribution in [3.63, 3.8) is 0 Å². The Hall–Kier alpha value is -2.41. The summed E-state index contributed by atoms with van der Waals surface area (Å²) in [4.78, 5) is 9.13. The first-order chi connectivity index (χ1) is 14.5. The van der Waals surface area contributed by atoms with Gasteiger partial charge >= 0.3 is 0 Å². The Bertz CT molecular complexity index is 1000. The maximum Gasteiger partial charge on any atom is 0.170 e. The number of nitrogens with one attached hydrogen (secondary N) is 1. The van der Waals surface area contributed by atoms with E-state index in [9.17, 15) is 0 Å². The lowest BCUT2D eigenvalue weighted by Crippen LogP contribution is -2.32. The van der Waals surface area contributed by atoms with Crippen LogP contribution in [-0.2, 0) is 0 Å². The topological polar surface area (TPSA) is 36.3 Å². The fourth-order valence-corrected chi connectivity index (χ4v) is 4.54. The van der Waals surface area contributed by atoms with Gasteiger partial charge in [-0.15, -0.1) is 0 Å². The van der Waals surface area contributed by atoms with Gasteiger partial charge in [-0.25, -0.2) is 0 Å². The van der Waals surface area contributed by atoms with Gasteiger partial charge in [0.25, 0.3) is 0 Å². The van der Waals surface area contributed by atoms with E-state index in [-0.39, 0.29) is 12.1 Å². The van der Waals surface area contributed by atoms with Crippen molar-refractivity contribution >= 4 is 28.9 Å². The summed E-state index contributed by atoms with van der Waals surface area (Å²) in [6.45, 7) is 1.88. The van der Waals surface area contributed by atoms with Crippen LogP contribution in [0, 0.1) is 0 Å². The van der Waals surface area contributed by atoms with Crippen molar-refractivity contribution in [2.75, 3.05) is 27.2 Å². The van der Waals surface area contributed by atoms with Crippen molar-refractivity contribution < 1.29 is 0 Å². The number of thiocarbonyl (C=S) groups is 1. The molecule has 0 spiro atoms. The van der Waals surface area contributed by atoms with Gasteiger partial charge in [0.15, 0.2) is 5.11 Å². The molecule has 5 nitrogen and oxygen atoms in total. The minimum Gasteiger partial charge on any atom is -0.352 e. The Morgan fingerprint density at radius 3 is 2.73 bits per heavy atom. The van der Waals surface area contributed by atoms with E-state index in [2.05, 4.69) is 69.2 Å². The lowest BCUT2D eigenvalue weighted by Gasteiger charge is -2.29. The molecule has 1 aliphatic heterocycles. The summed E-state index contributed by atoms with van der Waals surface area (Å²) in [7, 11) is 4.19. The van der Waals surface area contributed by atoms with Gasteiger partial charge in [-0.3, -0.25) is 4.98 Å². The van der Waals surface area contributed by atoms with E-state index in [1.165, 1.54) is 0 Å². The predicted molar refractivity (Wildman–Crippen MR) is 126 cm³/mol. The van der Waals surface area contributed by atoms with Crippen molar-refractivity contribution in [1.29, 1.82) is 0 Å². The van der Waals surface area contributed by atoms with Crippen molar-refractivity contribution in [1.82, 2.24) is 24.7 Å². The molecular weight excluding hydrogens is 414 g/mol. The average molecular weight is 440 g/mol. The van der Waals surface area contributed by atoms with Crippen LogP contribution in [0.2, 0.25) is 5.02 Å². The molecule has 0 bridgehead atoms. The first kappa shape index (κ1) is 20.8. The van der Waals surface area contributed by atoms with Crippen LogP contribution in [0.1, 0.15) is 29.9 Å². The Kier molecular flexibility index (Phi) is 6.37. The molecule has 3 heterocycles. The van der Waals surface area contributed by atoms with Crippen molar-refractivity contribution in [2.45, 2.75) is 18.5 Å². The number of hydrogen-bond donors (Lipinski definition) is 1. The van der Waals surface area contributed by atoms with E-state index in [0.29, 0.717) is 0 Å². The van der Waals surface area contributed by atoms with Gasteiger partial charge < -0.3 is 19.7 Å². The van der Waals surface area contributed by atoms with Crippen LogP contribution in [0.15, 0.2) is 67.0 Å². The van der Waals surface area contributed by atoms with E-state index in [1.807, 2.05) is 36.5 Å². The van der Waals surface area contributed by atoms with Gasteiger partial charge in [-0.2, -0.15) is 0 Å². The van der Waals surface area contributed by atoms with Crippen LogP contribution in [0.3, 0.4) is 0 Å². The van der Waals surface area contributed by atoms with Gasteiger partial charge in [-0.1, -0.05) is 23.7 Å². The standard InChI is InChI=1S/C23H26ClN5S/c1-27(2)13-7-15-29-22(21(26-23(29)30)19-10-3-4-12-25-19)20-11-6-14-28(20)18-9-5-8-17(24)16-18/h3-6,8-12,14,16,21-22H,7,13,15H2,1-2H3,(H,26,30)/t21-,22+/m0/s1. The highest BCUT2D eigenvalue weighted by molar-refractivity contribution is 7.80. The molecule has 0 aliphatic carbocycles. The maximum atomic E-state index is 6.28. The molecule has 0 radical (unpaired) electrons. The van der Waals surface area contributed by atoms with Gasteiger partial charge in [0, 0.05) is 35.3 Å². The van der Waals surface area contributed by atoms with Crippen molar-refractivity contribution in [2.24, 2.45) is 0 Å². The molecule has 1 aliphatic rings. The fourth-order valence-electron chi connectivity index (χ4n) is 4.02. The van der Waals surface area contributed by atoms with E-state index < -0.39 is 0 Å². The van der Waals surface area contributed by atoms with Crippen LogP contribution in [0.5, 0.6) is 0 Å². The molecule has 156 valence electrons. The lowest BCUT2D eigenvalue weighted by molar-refractivity contribution is 0.286. The van der Waals surface area contributed by atoms with Crippen molar-refractivity contribution in [3.05, 3.63) is 83.4 Å². The highest BCUT2D eigenvalue weighted by atomic mass is 35.5. The molecule has 2 atom stereocenters. The molecule has 1 saturated heterocycles. The number of benzene rings is 1. The Morgan fingerprint density at radius 2 is 2.00 bits per heavy atom. The van der Waals surface area contributed by atoms with Crippen LogP contribution < -0.4 is 5.32 Å². The molecular formula is C23H26ClN5S. The Morgan fingerprint density at radius 1 is 1.13 bits per heavy atom. The molecule has 2 aromatic heterocycles. The summed E-state index contributed by atoms with van der Waals surface area (Å²) in [6, 6.07) is 18.2. The lowest BCUT2D eigenvalue weighted by atomic mass is 10.0. The predicted octanol–water partition coefficient (Wildman–Crippen LogP) is 4.45. The number of halogens is 1. The molecule has 1 N–H and O–H groups in total. The van der Waals surface area contributed by atoms with E-state index in [0.717, 1.165) is 46.7 Å².